The fraction of sp³-hybridized carbons (Fsp3) is 0.625. The monoisotopic (exact) mass is 216 g/mol. The first-order valence-electron chi connectivity index (χ1n) is 6.79. The van der Waals surface area contributed by atoms with Gasteiger partial charge >= 0.3 is 0 Å². The average molecular weight is 216 g/mol. The first-order valence-corrected chi connectivity index (χ1v) is 6.79. The van der Waals surface area contributed by atoms with Crippen LogP contribution in [0.2, 0.25) is 0 Å². The molecule has 16 heavy (non-hydrogen) atoms. The third kappa shape index (κ3) is 1.79. The van der Waals surface area contributed by atoms with E-state index in [1.807, 2.05) is 0 Å². The van der Waals surface area contributed by atoms with Crippen molar-refractivity contribution in [3.8, 4) is 0 Å². The Hall–Kier alpha value is -0.780. The van der Waals surface area contributed by atoms with Crippen molar-refractivity contribution in [2.24, 2.45) is 5.92 Å². The van der Waals surface area contributed by atoms with Crippen molar-refractivity contribution in [2.45, 2.75) is 58.3 Å². The summed E-state index contributed by atoms with van der Waals surface area (Å²) in [5.41, 5.74) is 3.72. The van der Waals surface area contributed by atoms with Crippen LogP contribution < -0.4 is 0 Å². The lowest BCUT2D eigenvalue weighted by Crippen LogP contribution is -2.36. The Balaban J connectivity index is 2.48. The molecule has 1 aromatic rings. The summed E-state index contributed by atoms with van der Waals surface area (Å²) in [5, 5.41) is 0. The van der Waals surface area contributed by atoms with E-state index in [1.165, 1.54) is 32.1 Å². The number of benzene rings is 1. The molecule has 0 spiro atoms. The molecule has 88 valence electrons. The first-order chi connectivity index (χ1) is 7.70. The lowest BCUT2D eigenvalue weighted by atomic mass is 9.62. The molecule has 0 heterocycles. The smallest absolute Gasteiger partial charge is 0.00213 e. The largest absolute Gasteiger partial charge is 0.0654 e. The number of rotatable bonds is 3. The van der Waals surface area contributed by atoms with Crippen LogP contribution in [0.4, 0.5) is 0 Å². The average Bonchev–Trinajstić information content (AvgIpc) is 2.29. The Morgan fingerprint density at radius 3 is 2.69 bits per heavy atom. The van der Waals surface area contributed by atoms with E-state index in [2.05, 4.69) is 45.0 Å². The molecule has 0 N–H and O–H groups in total. The second kappa shape index (κ2) is 4.61. The Morgan fingerprint density at radius 2 is 2.00 bits per heavy atom. The SMILES string of the molecule is CCCC1(C(C)C)CCCc2ccccc21. The van der Waals surface area contributed by atoms with Crippen molar-refractivity contribution in [1.82, 2.24) is 0 Å². The summed E-state index contributed by atoms with van der Waals surface area (Å²) in [6, 6.07) is 9.13. The van der Waals surface area contributed by atoms with Crippen molar-refractivity contribution in [1.29, 1.82) is 0 Å². The fourth-order valence-corrected chi connectivity index (χ4v) is 3.55. The maximum atomic E-state index is 2.40. The maximum Gasteiger partial charge on any atom is -0.00213 e. The van der Waals surface area contributed by atoms with E-state index < -0.39 is 0 Å². The molecule has 0 saturated heterocycles. The Labute approximate surface area is 100 Å². The Bertz CT molecular complexity index is 351. The van der Waals surface area contributed by atoms with Gasteiger partial charge in [-0.05, 0) is 48.1 Å². The zero-order chi connectivity index (χ0) is 11.6. The molecule has 1 atom stereocenters. The van der Waals surface area contributed by atoms with E-state index in [-0.39, 0.29) is 0 Å². The molecule has 0 aliphatic heterocycles. The van der Waals surface area contributed by atoms with Gasteiger partial charge in [0.15, 0.2) is 0 Å². The van der Waals surface area contributed by atoms with Gasteiger partial charge in [0.2, 0.25) is 0 Å². The summed E-state index contributed by atoms with van der Waals surface area (Å²) in [6.45, 7) is 7.12. The molecule has 1 aliphatic rings. The zero-order valence-electron chi connectivity index (χ0n) is 10.9. The predicted molar refractivity (Wildman–Crippen MR) is 70.8 cm³/mol. The molecule has 0 saturated carbocycles. The van der Waals surface area contributed by atoms with E-state index >= 15 is 0 Å². The standard InChI is InChI=1S/C16H24/c1-4-11-16(13(2)3)12-7-9-14-8-5-6-10-15(14)16/h5-6,8,10,13H,4,7,9,11-12H2,1-3H3. The van der Waals surface area contributed by atoms with Gasteiger partial charge in [0.05, 0.1) is 0 Å². The highest BCUT2D eigenvalue weighted by Crippen LogP contribution is 2.45. The molecule has 0 amide bonds. The Kier molecular flexibility index (Phi) is 3.37. The highest BCUT2D eigenvalue weighted by atomic mass is 14.4. The van der Waals surface area contributed by atoms with Crippen molar-refractivity contribution in [2.75, 3.05) is 0 Å². The van der Waals surface area contributed by atoms with Gasteiger partial charge in [0.1, 0.15) is 0 Å². The van der Waals surface area contributed by atoms with Gasteiger partial charge in [0.25, 0.3) is 0 Å². The van der Waals surface area contributed by atoms with Crippen molar-refractivity contribution < 1.29 is 0 Å². The fourth-order valence-electron chi connectivity index (χ4n) is 3.55. The maximum absolute atomic E-state index is 2.40. The van der Waals surface area contributed by atoms with Gasteiger partial charge in [-0.2, -0.15) is 0 Å². The molecule has 2 rings (SSSR count). The van der Waals surface area contributed by atoms with Gasteiger partial charge < -0.3 is 0 Å². The van der Waals surface area contributed by atoms with E-state index in [9.17, 15) is 0 Å². The minimum atomic E-state index is 0.462. The lowest BCUT2D eigenvalue weighted by molar-refractivity contribution is 0.241. The van der Waals surface area contributed by atoms with E-state index in [0.717, 1.165) is 5.92 Å². The number of hydrogen-bond donors (Lipinski definition) is 0. The van der Waals surface area contributed by atoms with Crippen LogP contribution >= 0.6 is 0 Å². The highest BCUT2D eigenvalue weighted by molar-refractivity contribution is 5.37. The van der Waals surface area contributed by atoms with Gasteiger partial charge in [-0.3, -0.25) is 0 Å². The van der Waals surface area contributed by atoms with E-state index in [1.54, 1.807) is 11.1 Å². The van der Waals surface area contributed by atoms with Gasteiger partial charge in [-0.15, -0.1) is 0 Å². The van der Waals surface area contributed by atoms with Crippen LogP contribution in [-0.2, 0) is 11.8 Å². The molecule has 1 unspecified atom stereocenters. The van der Waals surface area contributed by atoms with E-state index in [4.69, 9.17) is 0 Å². The van der Waals surface area contributed by atoms with Crippen molar-refractivity contribution in [3.63, 3.8) is 0 Å². The minimum Gasteiger partial charge on any atom is -0.0654 e. The minimum absolute atomic E-state index is 0.462. The van der Waals surface area contributed by atoms with Crippen LogP contribution in [-0.4, -0.2) is 0 Å². The van der Waals surface area contributed by atoms with Crippen LogP contribution in [0.5, 0.6) is 0 Å². The van der Waals surface area contributed by atoms with Crippen LogP contribution in [0.25, 0.3) is 0 Å². The molecule has 0 heteroatoms. The van der Waals surface area contributed by atoms with Crippen LogP contribution in [0, 0.1) is 5.92 Å². The first kappa shape index (κ1) is 11.7. The second-order valence-corrected chi connectivity index (χ2v) is 5.57. The van der Waals surface area contributed by atoms with Gasteiger partial charge in [-0.1, -0.05) is 51.5 Å². The molecule has 1 aliphatic carbocycles. The van der Waals surface area contributed by atoms with Crippen LogP contribution in [0.3, 0.4) is 0 Å². The number of aryl methyl sites for hydroxylation is 1. The summed E-state index contributed by atoms with van der Waals surface area (Å²) >= 11 is 0. The molecule has 0 aromatic heterocycles. The summed E-state index contributed by atoms with van der Waals surface area (Å²) < 4.78 is 0. The normalized spacial score (nSPS) is 24.5. The molecular formula is C16H24. The second-order valence-electron chi connectivity index (χ2n) is 5.57. The topological polar surface area (TPSA) is 0 Å². The third-order valence-electron chi connectivity index (χ3n) is 4.42. The van der Waals surface area contributed by atoms with Gasteiger partial charge in [0, 0.05) is 0 Å². The van der Waals surface area contributed by atoms with Crippen molar-refractivity contribution in [3.05, 3.63) is 35.4 Å². The van der Waals surface area contributed by atoms with Crippen molar-refractivity contribution >= 4 is 0 Å². The predicted octanol–water partition coefficient (Wildman–Crippen LogP) is 4.72. The number of fused-ring (bicyclic) bond motifs is 1. The van der Waals surface area contributed by atoms with Gasteiger partial charge in [-0.25, -0.2) is 0 Å². The quantitative estimate of drug-likeness (QED) is 0.686. The summed E-state index contributed by atoms with van der Waals surface area (Å²) in [5.74, 6) is 0.758. The molecular weight excluding hydrogens is 192 g/mol. The van der Waals surface area contributed by atoms with E-state index in [0.29, 0.717) is 5.41 Å². The summed E-state index contributed by atoms with van der Waals surface area (Å²) in [7, 11) is 0. The van der Waals surface area contributed by atoms with Crippen LogP contribution in [0.15, 0.2) is 24.3 Å². The van der Waals surface area contributed by atoms with Crippen LogP contribution in [0.1, 0.15) is 57.6 Å². The highest BCUT2D eigenvalue weighted by Gasteiger charge is 2.37. The summed E-state index contributed by atoms with van der Waals surface area (Å²) in [6.07, 6.45) is 6.69. The number of hydrogen-bond acceptors (Lipinski definition) is 0. The molecule has 0 fully saturated rings. The third-order valence-corrected chi connectivity index (χ3v) is 4.42. The zero-order valence-corrected chi connectivity index (χ0v) is 10.9. The Morgan fingerprint density at radius 1 is 1.25 bits per heavy atom. The molecule has 1 aromatic carbocycles. The molecule has 0 nitrogen and oxygen atoms in total. The lowest BCUT2D eigenvalue weighted by Gasteiger charge is -2.43. The molecule has 0 radical (unpaired) electrons. The summed E-state index contributed by atoms with van der Waals surface area (Å²) in [4.78, 5) is 0. The molecule has 0 bridgehead atoms.